The first-order valence-electron chi connectivity index (χ1n) is 13.4. The van der Waals surface area contributed by atoms with Crippen LogP contribution in [0.3, 0.4) is 0 Å². The second-order valence-corrected chi connectivity index (χ2v) is 11.3. The molecule has 39 heavy (non-hydrogen) atoms. The first kappa shape index (κ1) is 27.0. The minimum atomic E-state index is -0.725. The third-order valence-electron chi connectivity index (χ3n) is 7.53. The van der Waals surface area contributed by atoms with Crippen molar-refractivity contribution in [3.63, 3.8) is 0 Å². The number of hydrogen-bond acceptors (Lipinski definition) is 6. The van der Waals surface area contributed by atoms with Gasteiger partial charge in [0.2, 0.25) is 5.82 Å². The number of aromatic nitrogens is 3. The summed E-state index contributed by atoms with van der Waals surface area (Å²) in [6.45, 7) is 6.59. The number of rotatable bonds is 9. The molecule has 0 atom stereocenters. The smallest absolute Gasteiger partial charge is 0.310 e. The molecule has 1 aliphatic heterocycles. The molecule has 1 saturated heterocycles. The molecule has 5 rings (SSSR count). The van der Waals surface area contributed by atoms with E-state index in [1.165, 1.54) is 0 Å². The number of nitrogens with zero attached hydrogens (tertiary/aromatic N) is 4. The number of benzene rings is 2. The second kappa shape index (κ2) is 11.7. The van der Waals surface area contributed by atoms with Crippen molar-refractivity contribution in [3.05, 3.63) is 88.7 Å². The molecule has 1 fully saturated rings. The Morgan fingerprint density at radius 3 is 2.36 bits per heavy atom. The van der Waals surface area contributed by atoms with E-state index in [1.54, 1.807) is 12.4 Å². The summed E-state index contributed by atoms with van der Waals surface area (Å²) in [7, 11) is 0. The predicted molar refractivity (Wildman–Crippen MR) is 151 cm³/mol. The number of piperidine rings is 1. The summed E-state index contributed by atoms with van der Waals surface area (Å²) in [4.78, 5) is 23.2. The molecule has 0 aliphatic carbocycles. The molecule has 0 saturated carbocycles. The van der Waals surface area contributed by atoms with Gasteiger partial charge in [-0.2, -0.15) is 4.98 Å². The molecular formula is C31H33ClN4O3. The summed E-state index contributed by atoms with van der Waals surface area (Å²) in [5.74, 6) is 0.780. The molecule has 4 aromatic rings. The van der Waals surface area contributed by atoms with Crippen LogP contribution < -0.4 is 0 Å². The summed E-state index contributed by atoms with van der Waals surface area (Å²) in [5, 5.41) is 14.9. The monoisotopic (exact) mass is 544 g/mol. The minimum Gasteiger partial charge on any atom is -0.481 e. The summed E-state index contributed by atoms with van der Waals surface area (Å²) in [6.07, 6.45) is 6.14. The van der Waals surface area contributed by atoms with Crippen LogP contribution in [0.5, 0.6) is 0 Å². The maximum Gasteiger partial charge on any atom is 0.310 e. The average Bonchev–Trinajstić information content (AvgIpc) is 3.42. The highest BCUT2D eigenvalue weighted by molar-refractivity contribution is 6.31. The zero-order valence-corrected chi connectivity index (χ0v) is 23.1. The fourth-order valence-corrected chi connectivity index (χ4v) is 5.52. The molecule has 0 bridgehead atoms. The van der Waals surface area contributed by atoms with Gasteiger partial charge in [0.25, 0.3) is 5.89 Å². The van der Waals surface area contributed by atoms with Gasteiger partial charge < -0.3 is 9.63 Å². The van der Waals surface area contributed by atoms with E-state index in [2.05, 4.69) is 46.0 Å². The van der Waals surface area contributed by atoms with Crippen LogP contribution in [0.4, 0.5) is 0 Å². The molecule has 0 unspecified atom stereocenters. The maximum absolute atomic E-state index is 12.2. The Kier molecular flexibility index (Phi) is 8.10. The third kappa shape index (κ3) is 6.37. The number of carboxylic acid groups (broad SMARTS) is 1. The topological polar surface area (TPSA) is 92.4 Å². The molecule has 0 amide bonds. The van der Waals surface area contributed by atoms with Crippen LogP contribution >= 0.6 is 11.6 Å². The molecule has 0 radical (unpaired) electrons. The van der Waals surface area contributed by atoms with Crippen LogP contribution in [0.15, 0.2) is 71.5 Å². The van der Waals surface area contributed by atoms with Gasteiger partial charge in [-0.05, 0) is 85.6 Å². The number of pyridine rings is 1. The standard InChI is InChI=1S/C31H33ClN4O3/c1-21(2)17-25-7-8-26(18-27(25)32)29-34-28(35-39-29)24-5-3-23(4-6-24)20-36-15-11-31(12-16-36,30(37)38)19-22-9-13-33-14-10-22/h3-10,13-14,18,21H,11-12,15-17,19-20H2,1-2H3,(H,37,38). The molecule has 2 aromatic carbocycles. The van der Waals surface area contributed by atoms with Gasteiger partial charge in [0.1, 0.15) is 0 Å². The van der Waals surface area contributed by atoms with Crippen LogP contribution in [0.25, 0.3) is 22.8 Å². The summed E-state index contributed by atoms with van der Waals surface area (Å²) < 4.78 is 5.53. The molecule has 0 spiro atoms. The predicted octanol–water partition coefficient (Wildman–Crippen LogP) is 6.56. The van der Waals surface area contributed by atoms with Crippen molar-refractivity contribution in [3.8, 4) is 22.8 Å². The van der Waals surface area contributed by atoms with Crippen molar-refractivity contribution >= 4 is 17.6 Å². The zero-order valence-electron chi connectivity index (χ0n) is 22.3. The van der Waals surface area contributed by atoms with Crippen LogP contribution in [0, 0.1) is 11.3 Å². The largest absolute Gasteiger partial charge is 0.481 e. The Balaban J connectivity index is 1.20. The van der Waals surface area contributed by atoms with Gasteiger partial charge >= 0.3 is 5.97 Å². The van der Waals surface area contributed by atoms with Gasteiger partial charge in [-0.15, -0.1) is 0 Å². The van der Waals surface area contributed by atoms with E-state index in [1.807, 2.05) is 42.5 Å². The van der Waals surface area contributed by atoms with Gasteiger partial charge in [0.15, 0.2) is 0 Å². The Labute approximate surface area is 233 Å². The lowest BCUT2D eigenvalue weighted by Gasteiger charge is -2.39. The quantitative estimate of drug-likeness (QED) is 0.255. The van der Waals surface area contributed by atoms with E-state index in [0.29, 0.717) is 41.9 Å². The van der Waals surface area contributed by atoms with Crippen molar-refractivity contribution in [1.82, 2.24) is 20.0 Å². The van der Waals surface area contributed by atoms with E-state index in [-0.39, 0.29) is 0 Å². The number of hydrogen-bond donors (Lipinski definition) is 1. The van der Waals surface area contributed by atoms with E-state index in [4.69, 9.17) is 16.1 Å². The lowest BCUT2D eigenvalue weighted by atomic mass is 9.74. The summed E-state index contributed by atoms with van der Waals surface area (Å²) in [6, 6.07) is 17.8. The lowest BCUT2D eigenvalue weighted by Crippen LogP contribution is -2.45. The Morgan fingerprint density at radius 1 is 1.03 bits per heavy atom. The average molecular weight is 545 g/mol. The van der Waals surface area contributed by atoms with Gasteiger partial charge in [-0.1, -0.05) is 60.9 Å². The van der Waals surface area contributed by atoms with E-state index in [9.17, 15) is 9.90 Å². The van der Waals surface area contributed by atoms with Crippen molar-refractivity contribution in [2.24, 2.45) is 11.3 Å². The minimum absolute atomic E-state index is 0.439. The van der Waals surface area contributed by atoms with Crippen molar-refractivity contribution < 1.29 is 14.4 Å². The molecule has 3 heterocycles. The zero-order chi connectivity index (χ0) is 27.4. The van der Waals surface area contributed by atoms with E-state index in [0.717, 1.165) is 53.9 Å². The van der Waals surface area contributed by atoms with Gasteiger partial charge in [-0.3, -0.25) is 14.7 Å². The molecule has 2 aromatic heterocycles. The lowest BCUT2D eigenvalue weighted by molar-refractivity contribution is -0.152. The summed E-state index contributed by atoms with van der Waals surface area (Å²) >= 11 is 6.49. The first-order chi connectivity index (χ1) is 18.8. The Hall–Kier alpha value is -3.55. The SMILES string of the molecule is CC(C)Cc1ccc(-c2nc(-c3ccc(CN4CCC(Cc5ccncc5)(C(=O)O)CC4)cc3)no2)cc1Cl. The normalized spacial score (nSPS) is 15.5. The second-order valence-electron chi connectivity index (χ2n) is 10.9. The van der Waals surface area contributed by atoms with Crippen molar-refractivity contribution in [2.75, 3.05) is 13.1 Å². The summed E-state index contributed by atoms with van der Waals surface area (Å²) in [5.41, 5.74) is 4.24. The van der Waals surface area contributed by atoms with Crippen molar-refractivity contribution in [1.29, 1.82) is 0 Å². The number of aliphatic carboxylic acids is 1. The highest BCUT2D eigenvalue weighted by atomic mass is 35.5. The fraction of sp³-hybridized carbons (Fsp3) is 0.355. The molecule has 1 N–H and O–H groups in total. The van der Waals surface area contributed by atoms with E-state index >= 15 is 0 Å². The van der Waals surface area contributed by atoms with E-state index < -0.39 is 11.4 Å². The Morgan fingerprint density at radius 2 is 1.72 bits per heavy atom. The fourth-order valence-electron chi connectivity index (χ4n) is 5.26. The molecule has 1 aliphatic rings. The molecule has 7 nitrogen and oxygen atoms in total. The third-order valence-corrected chi connectivity index (χ3v) is 7.88. The number of likely N-dealkylation sites (tertiary alicyclic amines) is 1. The highest BCUT2D eigenvalue weighted by Gasteiger charge is 2.41. The van der Waals surface area contributed by atoms with Crippen LogP contribution in [-0.2, 0) is 24.2 Å². The van der Waals surface area contributed by atoms with Crippen LogP contribution in [0.1, 0.15) is 43.4 Å². The van der Waals surface area contributed by atoms with Crippen LogP contribution in [-0.4, -0.2) is 44.2 Å². The number of carboxylic acids is 1. The molecular weight excluding hydrogens is 512 g/mol. The molecule has 202 valence electrons. The first-order valence-corrected chi connectivity index (χ1v) is 13.8. The Bertz CT molecular complexity index is 1410. The van der Waals surface area contributed by atoms with Gasteiger partial charge in [0, 0.05) is 35.1 Å². The van der Waals surface area contributed by atoms with Crippen LogP contribution in [0.2, 0.25) is 5.02 Å². The number of halogens is 1. The van der Waals surface area contributed by atoms with Crippen molar-refractivity contribution in [2.45, 2.75) is 46.1 Å². The highest BCUT2D eigenvalue weighted by Crippen LogP contribution is 2.36. The molecule has 8 heteroatoms. The number of carbonyl (C=O) groups is 1. The maximum atomic E-state index is 12.2. The van der Waals surface area contributed by atoms with Gasteiger partial charge in [-0.25, -0.2) is 0 Å². The van der Waals surface area contributed by atoms with Gasteiger partial charge in [0.05, 0.1) is 5.41 Å².